The highest BCUT2D eigenvalue weighted by atomic mass is 16.5. The van der Waals surface area contributed by atoms with Crippen LogP contribution in [0.5, 0.6) is 0 Å². The Morgan fingerprint density at radius 2 is 1.65 bits per heavy atom. The highest BCUT2D eigenvalue weighted by Gasteiger charge is 2.20. The van der Waals surface area contributed by atoms with Crippen LogP contribution in [0.2, 0.25) is 0 Å². The Bertz CT molecular complexity index is 245. The molecule has 1 N–H and O–H groups in total. The normalized spacial score (nSPS) is 13.2. The topological polar surface area (TPSA) is 41.6 Å². The average Bonchev–Trinajstić information content (AvgIpc) is 2.32. The number of nitrogens with zero attached hydrogens (tertiary/aromatic N) is 1. The summed E-state index contributed by atoms with van der Waals surface area (Å²) in [4.78, 5) is 14.3. The Morgan fingerprint density at radius 1 is 1.10 bits per heavy atom. The average molecular weight is 286 g/mol. The first-order valence-corrected chi connectivity index (χ1v) is 8.02. The van der Waals surface area contributed by atoms with Crippen LogP contribution in [0.1, 0.15) is 48.0 Å². The molecule has 0 aliphatic carbocycles. The summed E-state index contributed by atoms with van der Waals surface area (Å²) in [6.45, 7) is 17.2. The quantitative estimate of drug-likeness (QED) is 0.593. The summed E-state index contributed by atoms with van der Waals surface area (Å²) in [5.41, 5.74) is 0. The third-order valence-electron chi connectivity index (χ3n) is 3.00. The lowest BCUT2D eigenvalue weighted by molar-refractivity contribution is -0.145. The number of nitrogens with one attached hydrogen (secondary N) is 1. The zero-order valence-electron chi connectivity index (χ0n) is 14.2. The Hall–Kier alpha value is -0.610. The highest BCUT2D eigenvalue weighted by molar-refractivity contribution is 5.75. The highest BCUT2D eigenvalue weighted by Crippen LogP contribution is 2.07. The van der Waals surface area contributed by atoms with Crippen molar-refractivity contribution in [3.63, 3.8) is 0 Å². The van der Waals surface area contributed by atoms with Crippen LogP contribution >= 0.6 is 0 Å². The van der Waals surface area contributed by atoms with Gasteiger partial charge in [0.25, 0.3) is 0 Å². The molecule has 0 spiro atoms. The van der Waals surface area contributed by atoms with Gasteiger partial charge in [-0.3, -0.25) is 4.79 Å². The summed E-state index contributed by atoms with van der Waals surface area (Å²) < 4.78 is 5.13. The van der Waals surface area contributed by atoms with E-state index in [1.165, 1.54) is 0 Å². The maximum Gasteiger partial charge on any atom is 0.323 e. The molecule has 20 heavy (non-hydrogen) atoms. The second kappa shape index (κ2) is 11.1. The Morgan fingerprint density at radius 3 is 2.05 bits per heavy atom. The van der Waals surface area contributed by atoms with Crippen LogP contribution in [-0.2, 0) is 9.53 Å². The number of hydrogen-bond acceptors (Lipinski definition) is 4. The first-order chi connectivity index (χ1) is 9.40. The molecule has 0 amide bonds. The first kappa shape index (κ1) is 19.4. The minimum absolute atomic E-state index is 0.122. The molecule has 0 fully saturated rings. The van der Waals surface area contributed by atoms with Crippen molar-refractivity contribution in [3.05, 3.63) is 0 Å². The number of hydrogen-bond donors (Lipinski definition) is 1. The molecule has 4 nitrogen and oxygen atoms in total. The summed E-state index contributed by atoms with van der Waals surface area (Å²) in [6, 6.07) is -0.179. The van der Waals surface area contributed by atoms with Crippen molar-refractivity contribution < 1.29 is 9.53 Å². The van der Waals surface area contributed by atoms with Gasteiger partial charge in [-0.1, -0.05) is 34.6 Å². The molecule has 0 saturated heterocycles. The SMILES string of the molecule is CCNC(CCN(CC(C)C)CC(C)C)C(=O)OCC. The molecule has 0 aromatic heterocycles. The van der Waals surface area contributed by atoms with E-state index in [0.29, 0.717) is 18.4 Å². The van der Waals surface area contributed by atoms with E-state index in [9.17, 15) is 4.79 Å². The first-order valence-electron chi connectivity index (χ1n) is 8.02. The maximum atomic E-state index is 11.9. The maximum absolute atomic E-state index is 11.9. The molecule has 1 unspecified atom stereocenters. The molecule has 120 valence electrons. The number of ether oxygens (including phenoxy) is 1. The van der Waals surface area contributed by atoms with Gasteiger partial charge >= 0.3 is 5.97 Å². The van der Waals surface area contributed by atoms with Crippen molar-refractivity contribution in [2.75, 3.05) is 32.8 Å². The van der Waals surface area contributed by atoms with Gasteiger partial charge in [0.05, 0.1) is 6.61 Å². The third-order valence-corrected chi connectivity index (χ3v) is 3.00. The van der Waals surface area contributed by atoms with E-state index >= 15 is 0 Å². The summed E-state index contributed by atoms with van der Waals surface area (Å²) in [6.07, 6.45) is 0.812. The van der Waals surface area contributed by atoms with Gasteiger partial charge in [-0.15, -0.1) is 0 Å². The second-order valence-electron chi connectivity index (χ2n) is 6.20. The summed E-state index contributed by atoms with van der Waals surface area (Å²) >= 11 is 0. The lowest BCUT2D eigenvalue weighted by Gasteiger charge is -2.27. The molecule has 0 aromatic rings. The monoisotopic (exact) mass is 286 g/mol. The van der Waals surface area contributed by atoms with Gasteiger partial charge in [-0.2, -0.15) is 0 Å². The van der Waals surface area contributed by atoms with Gasteiger partial charge in [0.1, 0.15) is 6.04 Å². The van der Waals surface area contributed by atoms with E-state index in [0.717, 1.165) is 32.6 Å². The molecule has 0 aliphatic heterocycles. The van der Waals surface area contributed by atoms with Gasteiger partial charge in [0, 0.05) is 19.6 Å². The molecule has 0 bridgehead atoms. The van der Waals surface area contributed by atoms with Gasteiger partial charge in [-0.05, 0) is 31.7 Å². The lowest BCUT2D eigenvalue weighted by Crippen LogP contribution is -2.42. The number of carbonyl (C=O) groups is 1. The second-order valence-corrected chi connectivity index (χ2v) is 6.20. The van der Waals surface area contributed by atoms with Crippen molar-refractivity contribution in [1.82, 2.24) is 10.2 Å². The Balaban J connectivity index is 4.40. The molecular weight excluding hydrogens is 252 g/mol. The van der Waals surface area contributed by atoms with Crippen LogP contribution in [0.25, 0.3) is 0 Å². The third kappa shape index (κ3) is 9.32. The molecule has 1 atom stereocenters. The summed E-state index contributed by atoms with van der Waals surface area (Å²) in [5, 5.41) is 3.23. The van der Waals surface area contributed by atoms with Crippen molar-refractivity contribution in [2.45, 2.75) is 54.0 Å². The van der Waals surface area contributed by atoms with E-state index in [2.05, 4.69) is 37.9 Å². The van der Waals surface area contributed by atoms with Crippen molar-refractivity contribution in [1.29, 1.82) is 0 Å². The van der Waals surface area contributed by atoms with Crippen LogP contribution < -0.4 is 5.32 Å². The van der Waals surface area contributed by atoms with Crippen LogP contribution in [-0.4, -0.2) is 49.7 Å². The molecule has 0 saturated carbocycles. The fourth-order valence-electron chi connectivity index (χ4n) is 2.39. The fourth-order valence-corrected chi connectivity index (χ4v) is 2.39. The number of esters is 1. The van der Waals surface area contributed by atoms with E-state index in [4.69, 9.17) is 4.74 Å². The standard InChI is InChI=1S/C16H34N2O2/c1-7-17-15(16(19)20-8-2)9-10-18(11-13(3)4)12-14(5)6/h13-15,17H,7-12H2,1-6H3. The summed E-state index contributed by atoms with van der Waals surface area (Å²) in [5.74, 6) is 1.17. The van der Waals surface area contributed by atoms with Gasteiger partial charge < -0.3 is 15.0 Å². The van der Waals surface area contributed by atoms with Crippen molar-refractivity contribution in [3.8, 4) is 0 Å². The molecule has 0 radical (unpaired) electrons. The lowest BCUT2D eigenvalue weighted by atomic mass is 10.1. The number of likely N-dealkylation sites (N-methyl/N-ethyl adjacent to an activating group) is 1. The van der Waals surface area contributed by atoms with Crippen LogP contribution in [0.15, 0.2) is 0 Å². The molecule has 0 heterocycles. The Kier molecular flexibility index (Phi) is 10.8. The zero-order chi connectivity index (χ0) is 15.5. The van der Waals surface area contributed by atoms with E-state index in [1.54, 1.807) is 0 Å². The van der Waals surface area contributed by atoms with Crippen molar-refractivity contribution in [2.24, 2.45) is 11.8 Å². The molecule has 0 rings (SSSR count). The van der Waals surface area contributed by atoms with Crippen molar-refractivity contribution >= 4 is 5.97 Å². The minimum Gasteiger partial charge on any atom is -0.465 e. The molecule has 0 aliphatic rings. The Labute approximate surface area is 125 Å². The van der Waals surface area contributed by atoms with Crippen LogP contribution in [0, 0.1) is 11.8 Å². The number of rotatable bonds is 11. The van der Waals surface area contributed by atoms with E-state index in [1.807, 2.05) is 13.8 Å². The van der Waals surface area contributed by atoms with E-state index < -0.39 is 0 Å². The molecular formula is C16H34N2O2. The zero-order valence-corrected chi connectivity index (χ0v) is 14.2. The summed E-state index contributed by atoms with van der Waals surface area (Å²) in [7, 11) is 0. The number of carbonyl (C=O) groups excluding carboxylic acids is 1. The van der Waals surface area contributed by atoms with Gasteiger partial charge in [-0.25, -0.2) is 0 Å². The minimum atomic E-state index is -0.179. The van der Waals surface area contributed by atoms with Gasteiger partial charge in [0.2, 0.25) is 0 Å². The largest absolute Gasteiger partial charge is 0.465 e. The van der Waals surface area contributed by atoms with Crippen LogP contribution in [0.3, 0.4) is 0 Å². The predicted octanol–water partition coefficient (Wildman–Crippen LogP) is 2.53. The predicted molar refractivity (Wildman–Crippen MR) is 84.8 cm³/mol. The van der Waals surface area contributed by atoms with E-state index in [-0.39, 0.29) is 12.0 Å². The fraction of sp³-hybridized carbons (Fsp3) is 0.938. The van der Waals surface area contributed by atoms with Crippen LogP contribution in [0.4, 0.5) is 0 Å². The smallest absolute Gasteiger partial charge is 0.323 e. The molecule has 0 aromatic carbocycles. The van der Waals surface area contributed by atoms with Gasteiger partial charge in [0.15, 0.2) is 0 Å². The molecule has 4 heteroatoms.